The summed E-state index contributed by atoms with van der Waals surface area (Å²) in [5, 5.41) is 6.86. The Morgan fingerprint density at radius 1 is 1.53 bits per heavy atom. The summed E-state index contributed by atoms with van der Waals surface area (Å²) in [5.74, 6) is 0.714. The van der Waals surface area contributed by atoms with E-state index in [1.54, 1.807) is 7.11 Å². The van der Waals surface area contributed by atoms with Crippen LogP contribution in [0.2, 0.25) is 0 Å². The molecule has 1 heterocycles. The Morgan fingerprint density at radius 2 is 2.40 bits per heavy atom. The van der Waals surface area contributed by atoms with Gasteiger partial charge in [0, 0.05) is 39.4 Å². The molecular weight excluding hydrogens is 192 g/mol. The summed E-state index contributed by atoms with van der Waals surface area (Å²) in [4.78, 5) is 0. The lowest BCUT2D eigenvalue weighted by Gasteiger charge is -2.16. The van der Waals surface area contributed by atoms with Crippen molar-refractivity contribution in [2.75, 3.05) is 46.6 Å². The predicted molar refractivity (Wildman–Crippen MR) is 61.1 cm³/mol. The van der Waals surface area contributed by atoms with Crippen LogP contribution in [-0.4, -0.2) is 52.6 Å². The molecule has 0 aromatic heterocycles. The van der Waals surface area contributed by atoms with Gasteiger partial charge in [0.15, 0.2) is 0 Å². The van der Waals surface area contributed by atoms with Crippen LogP contribution < -0.4 is 10.6 Å². The highest BCUT2D eigenvalue weighted by Crippen LogP contribution is 2.10. The van der Waals surface area contributed by atoms with Crippen molar-refractivity contribution in [3.8, 4) is 0 Å². The summed E-state index contributed by atoms with van der Waals surface area (Å²) in [6.07, 6.45) is 1.21. The third-order valence-corrected chi connectivity index (χ3v) is 2.71. The van der Waals surface area contributed by atoms with Crippen LogP contribution in [0.4, 0.5) is 0 Å². The molecule has 1 rings (SSSR count). The van der Waals surface area contributed by atoms with E-state index in [9.17, 15) is 0 Å². The second kappa shape index (κ2) is 8.05. The number of nitrogens with one attached hydrogen (secondary N) is 2. The van der Waals surface area contributed by atoms with Crippen LogP contribution >= 0.6 is 0 Å². The number of hydrogen-bond acceptors (Lipinski definition) is 4. The maximum absolute atomic E-state index is 5.33. The van der Waals surface area contributed by atoms with Crippen molar-refractivity contribution in [1.82, 2.24) is 10.6 Å². The van der Waals surface area contributed by atoms with E-state index in [0.717, 1.165) is 39.5 Å². The molecule has 0 aromatic rings. The van der Waals surface area contributed by atoms with E-state index < -0.39 is 0 Å². The van der Waals surface area contributed by atoms with Gasteiger partial charge in [-0.1, -0.05) is 0 Å². The molecule has 1 fully saturated rings. The van der Waals surface area contributed by atoms with Gasteiger partial charge < -0.3 is 20.1 Å². The second-order valence-corrected chi connectivity index (χ2v) is 4.24. The van der Waals surface area contributed by atoms with Gasteiger partial charge in [0.2, 0.25) is 0 Å². The highest BCUT2D eigenvalue weighted by molar-refractivity contribution is 4.70. The van der Waals surface area contributed by atoms with Gasteiger partial charge in [-0.3, -0.25) is 0 Å². The molecule has 0 aromatic carbocycles. The topological polar surface area (TPSA) is 42.5 Å². The Kier molecular flexibility index (Phi) is 6.92. The highest BCUT2D eigenvalue weighted by Gasteiger charge is 2.15. The minimum Gasteiger partial charge on any atom is -0.383 e. The molecule has 2 N–H and O–H groups in total. The molecule has 90 valence electrons. The first kappa shape index (κ1) is 12.9. The number of methoxy groups -OCH3 is 1. The van der Waals surface area contributed by atoms with E-state index in [1.165, 1.54) is 6.42 Å². The summed E-state index contributed by atoms with van der Waals surface area (Å²) >= 11 is 0. The zero-order valence-corrected chi connectivity index (χ0v) is 9.92. The second-order valence-electron chi connectivity index (χ2n) is 4.24. The van der Waals surface area contributed by atoms with Crippen LogP contribution in [0.3, 0.4) is 0 Å². The molecule has 0 radical (unpaired) electrons. The number of ether oxygens (including phenoxy) is 2. The van der Waals surface area contributed by atoms with Crippen molar-refractivity contribution in [3.63, 3.8) is 0 Å². The lowest BCUT2D eigenvalue weighted by Crippen LogP contribution is -2.39. The van der Waals surface area contributed by atoms with Crippen LogP contribution in [0, 0.1) is 5.92 Å². The SMILES string of the molecule is COCCNCC(C)NCC1CCOC1. The molecule has 0 saturated carbocycles. The van der Waals surface area contributed by atoms with Crippen LogP contribution in [-0.2, 0) is 9.47 Å². The summed E-state index contributed by atoms with van der Waals surface area (Å²) in [7, 11) is 1.73. The summed E-state index contributed by atoms with van der Waals surface area (Å²) in [6.45, 7) is 7.85. The zero-order chi connectivity index (χ0) is 10.9. The molecule has 2 unspecified atom stereocenters. The maximum Gasteiger partial charge on any atom is 0.0587 e. The molecule has 4 heteroatoms. The van der Waals surface area contributed by atoms with Gasteiger partial charge in [0.1, 0.15) is 0 Å². The fourth-order valence-corrected chi connectivity index (χ4v) is 1.68. The van der Waals surface area contributed by atoms with Crippen LogP contribution in [0.5, 0.6) is 0 Å². The highest BCUT2D eigenvalue weighted by atomic mass is 16.5. The van der Waals surface area contributed by atoms with Gasteiger partial charge >= 0.3 is 0 Å². The molecule has 0 bridgehead atoms. The molecule has 0 amide bonds. The lowest BCUT2D eigenvalue weighted by atomic mass is 10.1. The molecule has 1 aliphatic heterocycles. The summed E-state index contributed by atoms with van der Waals surface area (Å²) in [6, 6.07) is 0.516. The van der Waals surface area contributed by atoms with Crippen molar-refractivity contribution in [3.05, 3.63) is 0 Å². The van der Waals surface area contributed by atoms with Crippen molar-refractivity contribution >= 4 is 0 Å². The van der Waals surface area contributed by atoms with Crippen LogP contribution in [0.25, 0.3) is 0 Å². The van der Waals surface area contributed by atoms with Gasteiger partial charge in [0.05, 0.1) is 13.2 Å². The minimum atomic E-state index is 0.516. The van der Waals surface area contributed by atoms with Crippen molar-refractivity contribution in [1.29, 1.82) is 0 Å². The lowest BCUT2D eigenvalue weighted by molar-refractivity contribution is 0.184. The number of rotatable bonds is 8. The standard InChI is InChI=1S/C11H24N2O2/c1-10(7-12-4-6-14-2)13-8-11-3-5-15-9-11/h10-13H,3-9H2,1-2H3. The molecule has 1 saturated heterocycles. The van der Waals surface area contributed by atoms with E-state index >= 15 is 0 Å². The first-order chi connectivity index (χ1) is 7.33. The Labute approximate surface area is 92.7 Å². The van der Waals surface area contributed by atoms with E-state index in [0.29, 0.717) is 12.0 Å². The van der Waals surface area contributed by atoms with Crippen molar-refractivity contribution in [2.24, 2.45) is 5.92 Å². The smallest absolute Gasteiger partial charge is 0.0587 e. The largest absolute Gasteiger partial charge is 0.383 e. The average molecular weight is 216 g/mol. The Balaban J connectivity index is 1.90. The molecule has 4 nitrogen and oxygen atoms in total. The van der Waals surface area contributed by atoms with Gasteiger partial charge in [-0.2, -0.15) is 0 Å². The van der Waals surface area contributed by atoms with Gasteiger partial charge in [-0.15, -0.1) is 0 Å². The van der Waals surface area contributed by atoms with E-state index in [4.69, 9.17) is 9.47 Å². The number of hydrogen-bond donors (Lipinski definition) is 2. The Morgan fingerprint density at radius 3 is 3.07 bits per heavy atom. The third-order valence-electron chi connectivity index (χ3n) is 2.71. The first-order valence-electron chi connectivity index (χ1n) is 5.83. The van der Waals surface area contributed by atoms with Crippen LogP contribution in [0.1, 0.15) is 13.3 Å². The monoisotopic (exact) mass is 216 g/mol. The zero-order valence-electron chi connectivity index (χ0n) is 9.92. The van der Waals surface area contributed by atoms with Gasteiger partial charge in [-0.25, -0.2) is 0 Å². The summed E-state index contributed by atoms with van der Waals surface area (Å²) < 4.78 is 10.3. The maximum atomic E-state index is 5.33. The fraction of sp³-hybridized carbons (Fsp3) is 1.00. The molecule has 15 heavy (non-hydrogen) atoms. The molecule has 2 atom stereocenters. The molecular formula is C11H24N2O2. The van der Waals surface area contributed by atoms with Crippen molar-refractivity contribution < 1.29 is 9.47 Å². The van der Waals surface area contributed by atoms with Crippen LogP contribution in [0.15, 0.2) is 0 Å². The molecule has 0 spiro atoms. The Hall–Kier alpha value is -0.160. The first-order valence-corrected chi connectivity index (χ1v) is 5.83. The van der Waals surface area contributed by atoms with Gasteiger partial charge in [-0.05, 0) is 19.3 Å². The quantitative estimate of drug-likeness (QED) is 0.570. The van der Waals surface area contributed by atoms with E-state index in [2.05, 4.69) is 17.6 Å². The normalized spacial score (nSPS) is 23.2. The molecule has 0 aliphatic carbocycles. The molecule has 1 aliphatic rings. The van der Waals surface area contributed by atoms with E-state index in [-0.39, 0.29) is 0 Å². The van der Waals surface area contributed by atoms with Gasteiger partial charge in [0.25, 0.3) is 0 Å². The Bertz CT molecular complexity index is 150. The average Bonchev–Trinajstić information content (AvgIpc) is 2.74. The summed E-state index contributed by atoms with van der Waals surface area (Å²) in [5.41, 5.74) is 0. The third kappa shape index (κ3) is 6.10. The van der Waals surface area contributed by atoms with Crippen molar-refractivity contribution in [2.45, 2.75) is 19.4 Å². The van der Waals surface area contributed by atoms with E-state index in [1.807, 2.05) is 0 Å². The minimum absolute atomic E-state index is 0.516. The predicted octanol–water partition coefficient (Wildman–Crippen LogP) is 0.237. The fourth-order valence-electron chi connectivity index (χ4n) is 1.68.